The molecular formula is C28H58N3+. The first kappa shape index (κ1) is 42.7. The molecule has 31 heavy (non-hydrogen) atoms. The molecule has 3 nitrogen and oxygen atoms in total. The zero-order valence-electron chi connectivity index (χ0n) is 14.4. The quantitative estimate of drug-likeness (QED) is 0.417. The van der Waals surface area contributed by atoms with Crippen LogP contribution in [-0.2, 0) is 0 Å². The van der Waals surface area contributed by atoms with Gasteiger partial charge in [-0.25, -0.2) is 4.58 Å². The van der Waals surface area contributed by atoms with E-state index in [-0.39, 0.29) is 59.4 Å². The summed E-state index contributed by atoms with van der Waals surface area (Å²) in [4.78, 5) is 4.54. The lowest BCUT2D eigenvalue weighted by atomic mass is 10.1. The normalized spacial score (nSPS) is 19.6. The molecule has 3 aliphatic rings. The molecule has 0 aromatic carbocycles. The van der Waals surface area contributed by atoms with Crippen LogP contribution < -0.4 is 0 Å². The van der Waals surface area contributed by atoms with Gasteiger partial charge in [-0.05, 0) is 29.5 Å². The van der Waals surface area contributed by atoms with Crippen LogP contribution in [0, 0.1) is 0 Å². The van der Waals surface area contributed by atoms with Crippen molar-refractivity contribution in [3.05, 3.63) is 71.1 Å². The van der Waals surface area contributed by atoms with Crippen molar-refractivity contribution in [3.8, 4) is 0 Å². The maximum Gasteiger partial charge on any atom is 0.168 e. The van der Waals surface area contributed by atoms with E-state index in [0.717, 1.165) is 26.1 Å². The second kappa shape index (κ2) is 19.7. The lowest BCUT2D eigenvalue weighted by Gasteiger charge is -2.10. The molecule has 3 heterocycles. The zero-order chi connectivity index (χ0) is 16.2. The molecule has 3 heteroatoms. The highest BCUT2D eigenvalue weighted by Gasteiger charge is 2.16. The number of allylic oxidation sites excluding steroid dienone is 6. The van der Waals surface area contributed by atoms with Gasteiger partial charge in [-0.1, -0.05) is 83.7 Å². The Hall–Kier alpha value is -2.29. The van der Waals surface area contributed by atoms with Crippen molar-refractivity contribution in [2.24, 2.45) is 0 Å². The second-order valence-electron chi connectivity index (χ2n) is 6.65. The third-order valence-electron chi connectivity index (χ3n) is 4.42. The summed E-state index contributed by atoms with van der Waals surface area (Å²) in [5.74, 6) is 0. The Morgan fingerprint density at radius 1 is 0.871 bits per heavy atom. The van der Waals surface area contributed by atoms with Gasteiger partial charge in [0.05, 0.1) is 0 Å². The van der Waals surface area contributed by atoms with Crippen LogP contribution in [0.25, 0.3) is 0 Å². The second-order valence-corrected chi connectivity index (χ2v) is 6.65. The van der Waals surface area contributed by atoms with Gasteiger partial charge in [0.2, 0.25) is 0 Å². The van der Waals surface area contributed by atoms with Crippen molar-refractivity contribution >= 4 is 6.21 Å². The van der Waals surface area contributed by atoms with Crippen molar-refractivity contribution < 1.29 is 4.58 Å². The summed E-state index contributed by atoms with van der Waals surface area (Å²) in [6.07, 6.45) is 20.9. The van der Waals surface area contributed by atoms with E-state index in [1.807, 2.05) is 0 Å². The van der Waals surface area contributed by atoms with E-state index in [2.05, 4.69) is 90.5 Å². The predicted molar refractivity (Wildman–Crippen MR) is 151 cm³/mol. The molecule has 3 rings (SSSR count). The van der Waals surface area contributed by atoms with E-state index in [1.165, 1.54) is 22.4 Å². The molecule has 0 saturated carbocycles. The first-order valence-corrected chi connectivity index (χ1v) is 8.20. The third kappa shape index (κ3) is 12.2. The highest BCUT2D eigenvalue weighted by Crippen LogP contribution is 2.25. The van der Waals surface area contributed by atoms with Gasteiger partial charge >= 0.3 is 0 Å². The fourth-order valence-electron chi connectivity index (χ4n) is 3.08. The Balaban J connectivity index is -0.000000195. The summed E-state index contributed by atoms with van der Waals surface area (Å²) in [6, 6.07) is 0. The van der Waals surface area contributed by atoms with Gasteiger partial charge in [0.15, 0.2) is 12.8 Å². The van der Waals surface area contributed by atoms with E-state index in [0.29, 0.717) is 0 Å². The third-order valence-corrected chi connectivity index (χ3v) is 4.42. The average molecular weight is 437 g/mol. The number of hydrogen-bond acceptors (Lipinski definition) is 2. The molecule has 0 atom stereocenters. The Morgan fingerprint density at radius 2 is 1.52 bits per heavy atom. The fourth-order valence-corrected chi connectivity index (χ4v) is 3.08. The van der Waals surface area contributed by atoms with E-state index in [4.69, 9.17) is 0 Å². The first-order chi connectivity index (χ1) is 11.1. The smallest absolute Gasteiger partial charge is 0.168 e. The van der Waals surface area contributed by atoms with E-state index >= 15 is 0 Å². The van der Waals surface area contributed by atoms with E-state index in [1.54, 1.807) is 0 Å². The fraction of sp³-hybridized carbons (Fsp3) is 0.536. The lowest BCUT2D eigenvalue weighted by Crippen LogP contribution is -2.10. The SMILES string of the molecule is C.C.C.C.C.C.C.C.CN1C=CC(=CC=C2CC(=CC=CC3=CC=[N+](C)C3)N(C)C2)C1. The van der Waals surface area contributed by atoms with Crippen LogP contribution in [-0.4, -0.2) is 61.4 Å². The van der Waals surface area contributed by atoms with Crippen molar-refractivity contribution in [1.29, 1.82) is 0 Å². The Morgan fingerprint density at radius 3 is 2.03 bits per heavy atom. The average Bonchev–Trinajstić information content (AvgIpc) is 3.20. The van der Waals surface area contributed by atoms with Gasteiger partial charge in [-0.2, -0.15) is 0 Å². The molecule has 0 unspecified atom stereocenters. The number of likely N-dealkylation sites (tertiary alicyclic amines) is 1. The molecule has 184 valence electrons. The van der Waals surface area contributed by atoms with Gasteiger partial charge in [-0.15, -0.1) is 0 Å². The number of likely N-dealkylation sites (N-methyl/N-ethyl adjacent to an activating group) is 3. The molecule has 0 aliphatic carbocycles. The zero-order valence-corrected chi connectivity index (χ0v) is 14.4. The van der Waals surface area contributed by atoms with Gasteiger partial charge < -0.3 is 9.80 Å². The molecule has 0 radical (unpaired) electrons. The Labute approximate surface area is 198 Å². The minimum absolute atomic E-state index is 0. The topological polar surface area (TPSA) is 9.49 Å². The lowest BCUT2D eigenvalue weighted by molar-refractivity contribution is -0.478. The molecule has 0 amide bonds. The van der Waals surface area contributed by atoms with Crippen LogP contribution in [0.5, 0.6) is 0 Å². The van der Waals surface area contributed by atoms with Crippen LogP contribution in [0.3, 0.4) is 0 Å². The van der Waals surface area contributed by atoms with Crippen molar-refractivity contribution in [1.82, 2.24) is 9.80 Å². The van der Waals surface area contributed by atoms with E-state index < -0.39 is 0 Å². The maximum absolute atomic E-state index is 2.34. The first-order valence-electron chi connectivity index (χ1n) is 8.20. The summed E-state index contributed by atoms with van der Waals surface area (Å²) in [5.41, 5.74) is 5.62. The highest BCUT2D eigenvalue weighted by molar-refractivity contribution is 5.70. The molecule has 0 aromatic rings. The molecule has 0 bridgehead atoms. The summed E-state index contributed by atoms with van der Waals surface area (Å²) in [5, 5.41) is 0. The van der Waals surface area contributed by atoms with Crippen LogP contribution in [0.2, 0.25) is 0 Å². The summed E-state index contributed by atoms with van der Waals surface area (Å²) in [6.45, 7) is 3.06. The standard InChI is InChI=1S/C20H26N3.8CH4/c1-21-11-9-17(14-21)5-4-6-20-13-19(16-23(20)3)8-7-18-10-12-22(2)15-18;;;;;;;;/h4-12H,13-16H2,1-3H3;8*1H4/q+1;;;;;;;;. The van der Waals surface area contributed by atoms with Crippen LogP contribution in [0.15, 0.2) is 71.1 Å². The summed E-state index contributed by atoms with van der Waals surface area (Å²) >= 11 is 0. The summed E-state index contributed by atoms with van der Waals surface area (Å²) in [7, 11) is 6.38. The van der Waals surface area contributed by atoms with Gasteiger partial charge in [-0.3, -0.25) is 0 Å². The minimum Gasteiger partial charge on any atom is -0.376 e. The highest BCUT2D eigenvalue weighted by atomic mass is 15.1. The maximum atomic E-state index is 2.34. The Bertz CT molecular complexity index is 685. The van der Waals surface area contributed by atoms with Crippen molar-refractivity contribution in [2.45, 2.75) is 65.8 Å². The molecule has 1 saturated heterocycles. The largest absolute Gasteiger partial charge is 0.376 e. The molecule has 1 fully saturated rings. The molecule has 0 N–H and O–H groups in total. The van der Waals surface area contributed by atoms with Crippen LogP contribution >= 0.6 is 0 Å². The number of hydrogen-bond donors (Lipinski definition) is 0. The predicted octanol–water partition coefficient (Wildman–Crippen LogP) is 7.82. The van der Waals surface area contributed by atoms with Gasteiger partial charge in [0.25, 0.3) is 0 Å². The molecular weight excluding hydrogens is 378 g/mol. The molecule has 3 aliphatic heterocycles. The van der Waals surface area contributed by atoms with Crippen molar-refractivity contribution in [2.75, 3.05) is 40.8 Å². The van der Waals surface area contributed by atoms with E-state index in [9.17, 15) is 0 Å². The van der Waals surface area contributed by atoms with Crippen molar-refractivity contribution in [3.63, 3.8) is 0 Å². The minimum atomic E-state index is 0. The van der Waals surface area contributed by atoms with Crippen LogP contribution in [0.1, 0.15) is 65.8 Å². The van der Waals surface area contributed by atoms with Gasteiger partial charge in [0.1, 0.15) is 7.05 Å². The van der Waals surface area contributed by atoms with Gasteiger partial charge in [0, 0.05) is 51.0 Å². The summed E-state index contributed by atoms with van der Waals surface area (Å²) < 4.78 is 2.19. The number of nitrogens with zero attached hydrogens (tertiary/aromatic N) is 3. The molecule has 0 aromatic heterocycles. The Kier molecular flexibility index (Phi) is 27.1. The number of rotatable bonds is 3. The molecule has 0 spiro atoms. The monoisotopic (exact) mass is 436 g/mol. The van der Waals surface area contributed by atoms with Crippen LogP contribution in [0.4, 0.5) is 0 Å².